The molecule has 1 aliphatic heterocycles. The summed E-state index contributed by atoms with van der Waals surface area (Å²) in [5.74, 6) is -0.909. The zero-order valence-electron chi connectivity index (χ0n) is 18.2. The van der Waals surface area contributed by atoms with Crippen LogP contribution in [0, 0.1) is 12.8 Å². The van der Waals surface area contributed by atoms with Gasteiger partial charge in [-0.25, -0.2) is 14.4 Å². The average Bonchev–Trinajstić information content (AvgIpc) is 2.96. The fourth-order valence-electron chi connectivity index (χ4n) is 2.94. The molecule has 0 aromatic carbocycles. The maximum atomic E-state index is 12.5. The molecule has 1 aromatic rings. The molecule has 0 radical (unpaired) electrons. The Hall–Kier alpha value is -2.46. The van der Waals surface area contributed by atoms with E-state index in [9.17, 15) is 19.5 Å². The fraction of sp³-hybridized carbons (Fsp3) is 0.700. The summed E-state index contributed by atoms with van der Waals surface area (Å²) in [5.41, 5.74) is -0.598. The second-order valence-corrected chi connectivity index (χ2v) is 8.69. The molecule has 10 nitrogen and oxygen atoms in total. The Balaban J connectivity index is 1.95. The average molecular weight is 425 g/mol. The van der Waals surface area contributed by atoms with E-state index in [1.807, 2.05) is 0 Å². The highest BCUT2D eigenvalue weighted by Gasteiger charge is 2.37. The van der Waals surface area contributed by atoms with Crippen molar-refractivity contribution in [2.24, 2.45) is 5.92 Å². The highest BCUT2D eigenvalue weighted by atomic mass is 16.6. The van der Waals surface area contributed by atoms with Crippen LogP contribution in [0.3, 0.4) is 0 Å². The van der Waals surface area contributed by atoms with Gasteiger partial charge in [0.25, 0.3) is 0 Å². The minimum absolute atomic E-state index is 0.163. The predicted octanol–water partition coefficient (Wildman–Crippen LogP) is 1.29. The number of alkyl carbamates (subject to hydrolysis) is 1. The third kappa shape index (κ3) is 6.53. The van der Waals surface area contributed by atoms with Gasteiger partial charge in [0.1, 0.15) is 30.6 Å². The van der Waals surface area contributed by atoms with Crippen molar-refractivity contribution < 1.29 is 28.9 Å². The molecule has 0 bridgehead atoms. The second kappa shape index (κ2) is 9.57. The van der Waals surface area contributed by atoms with Crippen LogP contribution in [0.25, 0.3) is 0 Å². The molecule has 0 saturated carbocycles. The Morgan fingerprint density at radius 3 is 2.63 bits per heavy atom. The molecular weight excluding hydrogens is 394 g/mol. The van der Waals surface area contributed by atoms with Gasteiger partial charge >= 0.3 is 17.8 Å². The molecule has 2 N–H and O–H groups in total. The van der Waals surface area contributed by atoms with E-state index in [-0.39, 0.29) is 18.9 Å². The number of aliphatic hydroxyl groups excluding tert-OH is 1. The molecule has 2 unspecified atom stereocenters. The van der Waals surface area contributed by atoms with Crippen molar-refractivity contribution in [3.8, 4) is 0 Å². The normalized spacial score (nSPS) is 22.6. The Bertz CT molecular complexity index is 815. The minimum Gasteiger partial charge on any atom is -0.461 e. The number of esters is 1. The number of rotatable bonds is 6. The molecule has 168 valence electrons. The fourth-order valence-corrected chi connectivity index (χ4v) is 2.94. The Kier molecular flexibility index (Phi) is 7.59. The molecule has 0 spiro atoms. The number of aromatic nitrogens is 2. The van der Waals surface area contributed by atoms with Gasteiger partial charge in [0.15, 0.2) is 0 Å². The Morgan fingerprint density at radius 2 is 2.07 bits per heavy atom. The monoisotopic (exact) mass is 425 g/mol. The second-order valence-electron chi connectivity index (χ2n) is 8.69. The number of hydrogen-bond donors (Lipinski definition) is 2. The van der Waals surface area contributed by atoms with Gasteiger partial charge < -0.3 is 24.6 Å². The largest absolute Gasteiger partial charge is 0.461 e. The number of nitrogens with zero attached hydrogens (tertiary/aromatic N) is 2. The first-order chi connectivity index (χ1) is 13.9. The van der Waals surface area contributed by atoms with Gasteiger partial charge in [0.05, 0.1) is 6.10 Å². The molecule has 4 atom stereocenters. The number of aliphatic hydroxyl groups is 1. The van der Waals surface area contributed by atoms with E-state index in [4.69, 9.17) is 14.2 Å². The van der Waals surface area contributed by atoms with Crippen molar-refractivity contribution in [2.45, 2.75) is 78.0 Å². The Morgan fingerprint density at radius 1 is 1.40 bits per heavy atom. The lowest BCUT2D eigenvalue weighted by molar-refractivity contribution is -0.153. The van der Waals surface area contributed by atoms with Crippen LogP contribution in [0.4, 0.5) is 4.79 Å². The molecule has 2 rings (SSSR count). The van der Waals surface area contributed by atoms with Crippen molar-refractivity contribution >= 4 is 12.1 Å². The van der Waals surface area contributed by atoms with Gasteiger partial charge in [-0.05, 0) is 39.7 Å². The van der Waals surface area contributed by atoms with Gasteiger partial charge in [-0.2, -0.15) is 4.98 Å². The number of amides is 1. The standard InChI is InChI=1S/C20H31N3O7/c1-11(2)16(22-19(27)30-20(4,5)6)17(25)28-10-14-13(24)9-15(29-14)23-8-7-12(3)21-18(23)26/h7-8,11,13-16,24H,9-10H2,1-6H3,(H,22,27)/t13-,14?,15-,16?/m0/s1. The van der Waals surface area contributed by atoms with Gasteiger partial charge in [-0.3, -0.25) is 4.57 Å². The van der Waals surface area contributed by atoms with Crippen LogP contribution in [0.1, 0.15) is 53.0 Å². The predicted molar refractivity (Wildman–Crippen MR) is 107 cm³/mol. The van der Waals surface area contributed by atoms with Gasteiger partial charge in [0, 0.05) is 18.3 Å². The summed E-state index contributed by atoms with van der Waals surface area (Å²) < 4.78 is 17.5. The summed E-state index contributed by atoms with van der Waals surface area (Å²) in [5, 5.41) is 12.8. The van der Waals surface area contributed by atoms with E-state index in [0.29, 0.717) is 5.69 Å². The van der Waals surface area contributed by atoms with Crippen LogP contribution < -0.4 is 11.0 Å². The lowest BCUT2D eigenvalue weighted by Gasteiger charge is -2.25. The number of ether oxygens (including phenoxy) is 3. The number of aryl methyl sites for hydroxylation is 1. The lowest BCUT2D eigenvalue weighted by atomic mass is 10.1. The van der Waals surface area contributed by atoms with Crippen LogP contribution in [0.5, 0.6) is 0 Å². The first kappa shape index (κ1) is 23.8. The van der Waals surface area contributed by atoms with Crippen molar-refractivity contribution in [1.82, 2.24) is 14.9 Å². The van der Waals surface area contributed by atoms with Crippen LogP contribution >= 0.6 is 0 Å². The third-order valence-corrected chi connectivity index (χ3v) is 4.47. The zero-order valence-corrected chi connectivity index (χ0v) is 18.2. The van der Waals surface area contributed by atoms with E-state index < -0.39 is 47.8 Å². The zero-order chi connectivity index (χ0) is 22.6. The van der Waals surface area contributed by atoms with Crippen LogP contribution in [0.2, 0.25) is 0 Å². The quantitative estimate of drug-likeness (QED) is 0.653. The maximum Gasteiger partial charge on any atom is 0.408 e. The molecule has 10 heteroatoms. The first-order valence-electron chi connectivity index (χ1n) is 9.93. The minimum atomic E-state index is -0.924. The summed E-state index contributed by atoms with van der Waals surface area (Å²) >= 11 is 0. The summed E-state index contributed by atoms with van der Waals surface area (Å²) in [6.45, 7) is 10.2. The van der Waals surface area contributed by atoms with E-state index >= 15 is 0 Å². The number of hydrogen-bond acceptors (Lipinski definition) is 8. The van der Waals surface area contributed by atoms with E-state index in [2.05, 4.69) is 10.3 Å². The first-order valence-corrected chi connectivity index (χ1v) is 9.93. The molecule has 1 saturated heterocycles. The molecular formula is C20H31N3O7. The SMILES string of the molecule is Cc1ccn([C@@H]2C[C@H](O)C(COC(=O)C(NC(=O)OC(C)(C)C)C(C)C)O2)c(=O)n1. The summed E-state index contributed by atoms with van der Waals surface area (Å²) in [4.78, 5) is 40.4. The van der Waals surface area contributed by atoms with Gasteiger partial charge in [-0.15, -0.1) is 0 Å². The number of nitrogens with one attached hydrogen (secondary N) is 1. The van der Waals surface area contributed by atoms with Gasteiger partial charge in [0.2, 0.25) is 0 Å². The molecule has 30 heavy (non-hydrogen) atoms. The molecule has 1 aliphatic rings. The molecule has 1 amide bonds. The maximum absolute atomic E-state index is 12.5. The smallest absolute Gasteiger partial charge is 0.408 e. The van der Waals surface area contributed by atoms with Crippen molar-refractivity contribution in [1.29, 1.82) is 0 Å². The molecule has 1 fully saturated rings. The van der Waals surface area contributed by atoms with Crippen LogP contribution in [-0.2, 0) is 19.0 Å². The van der Waals surface area contributed by atoms with E-state index in [1.165, 1.54) is 4.57 Å². The van der Waals surface area contributed by atoms with Crippen LogP contribution in [0.15, 0.2) is 17.1 Å². The van der Waals surface area contributed by atoms with Crippen molar-refractivity contribution in [3.05, 3.63) is 28.4 Å². The van der Waals surface area contributed by atoms with Crippen molar-refractivity contribution in [2.75, 3.05) is 6.61 Å². The number of carbonyl (C=O) groups excluding carboxylic acids is 2. The summed E-state index contributed by atoms with van der Waals surface area (Å²) in [6.07, 6.45) is -1.44. The summed E-state index contributed by atoms with van der Waals surface area (Å²) in [6, 6.07) is 0.748. The van der Waals surface area contributed by atoms with Gasteiger partial charge in [-0.1, -0.05) is 13.8 Å². The van der Waals surface area contributed by atoms with E-state index in [1.54, 1.807) is 53.8 Å². The summed E-state index contributed by atoms with van der Waals surface area (Å²) in [7, 11) is 0. The third-order valence-electron chi connectivity index (χ3n) is 4.47. The highest BCUT2D eigenvalue weighted by Crippen LogP contribution is 2.28. The van der Waals surface area contributed by atoms with Crippen molar-refractivity contribution in [3.63, 3.8) is 0 Å². The highest BCUT2D eigenvalue weighted by molar-refractivity contribution is 5.81. The molecule has 2 heterocycles. The van der Waals surface area contributed by atoms with Crippen LogP contribution in [-0.4, -0.2) is 57.2 Å². The lowest BCUT2D eigenvalue weighted by Crippen LogP contribution is -2.47. The molecule has 0 aliphatic carbocycles. The topological polar surface area (TPSA) is 129 Å². The molecule has 1 aromatic heterocycles. The Labute approximate surface area is 175 Å². The number of carbonyl (C=O) groups is 2. The van der Waals surface area contributed by atoms with E-state index in [0.717, 1.165) is 0 Å².